The van der Waals surface area contributed by atoms with E-state index in [1.807, 2.05) is 7.05 Å². The van der Waals surface area contributed by atoms with Gasteiger partial charge in [-0.2, -0.15) is 0 Å². The highest BCUT2D eigenvalue weighted by Gasteiger charge is 2.09. The Morgan fingerprint density at radius 2 is 0.976 bits per heavy atom. The molecule has 0 fully saturated rings. The van der Waals surface area contributed by atoms with Gasteiger partial charge in [-0.15, -0.1) is 0 Å². The minimum absolute atomic E-state index is 0.227. The van der Waals surface area contributed by atoms with Crippen LogP contribution in [0.3, 0.4) is 0 Å². The molecule has 1 atom stereocenters. The summed E-state index contributed by atoms with van der Waals surface area (Å²) in [4.78, 5) is 0. The first-order valence-corrected chi connectivity index (χ1v) is 18.3. The number of ether oxygens (including phenoxy) is 2. The smallest absolute Gasteiger partial charge is 0.0820 e. The molecule has 1 N–H and O–H groups in total. The summed E-state index contributed by atoms with van der Waals surface area (Å²) in [6.07, 6.45) is 47.9. The van der Waals surface area contributed by atoms with Gasteiger partial charge >= 0.3 is 0 Å². The number of hydrogen-bond acceptors (Lipinski definition) is 3. The van der Waals surface area contributed by atoms with Gasteiger partial charge in [0.1, 0.15) is 0 Å². The maximum atomic E-state index is 6.20. The van der Waals surface area contributed by atoms with Crippen molar-refractivity contribution >= 4 is 0 Å². The zero-order valence-electron chi connectivity index (χ0n) is 28.6. The van der Waals surface area contributed by atoms with Gasteiger partial charge in [-0.3, -0.25) is 0 Å². The van der Waals surface area contributed by atoms with Crippen LogP contribution in [0.15, 0.2) is 48.6 Å². The van der Waals surface area contributed by atoms with E-state index in [2.05, 4.69) is 67.8 Å². The molecule has 0 heterocycles. The molecule has 0 aromatic rings. The molecule has 0 aliphatic heterocycles. The monoisotopic (exact) mass is 588 g/mol. The summed E-state index contributed by atoms with van der Waals surface area (Å²) in [5.74, 6) is 0. The summed E-state index contributed by atoms with van der Waals surface area (Å²) in [6, 6.07) is 0. The van der Waals surface area contributed by atoms with Crippen molar-refractivity contribution in [3.05, 3.63) is 48.6 Å². The molecule has 0 radical (unpaired) electrons. The van der Waals surface area contributed by atoms with E-state index >= 15 is 0 Å². The molecule has 3 nitrogen and oxygen atoms in total. The number of allylic oxidation sites excluding steroid dienone is 8. The van der Waals surface area contributed by atoms with Gasteiger partial charge < -0.3 is 14.8 Å². The number of hydrogen-bond donors (Lipinski definition) is 1. The lowest BCUT2D eigenvalue weighted by atomic mass is 10.1. The molecule has 0 bridgehead atoms. The molecule has 0 saturated heterocycles. The molecule has 0 spiro atoms. The lowest BCUT2D eigenvalue weighted by molar-refractivity contribution is -0.0219. The number of unbranched alkanes of at least 4 members (excludes halogenated alkanes) is 16. The summed E-state index contributed by atoms with van der Waals surface area (Å²) >= 11 is 0. The van der Waals surface area contributed by atoms with Gasteiger partial charge in [-0.1, -0.05) is 133 Å². The van der Waals surface area contributed by atoms with E-state index in [0.717, 1.165) is 45.6 Å². The van der Waals surface area contributed by atoms with Crippen molar-refractivity contribution < 1.29 is 9.47 Å². The average molecular weight is 588 g/mol. The molecule has 42 heavy (non-hydrogen) atoms. The van der Waals surface area contributed by atoms with Crippen molar-refractivity contribution in [3.8, 4) is 0 Å². The van der Waals surface area contributed by atoms with Crippen LogP contribution in [0.4, 0.5) is 0 Å². The Balaban J connectivity index is 3.56. The van der Waals surface area contributed by atoms with Crippen molar-refractivity contribution in [2.24, 2.45) is 0 Å². The van der Waals surface area contributed by atoms with Crippen LogP contribution in [-0.2, 0) is 9.47 Å². The van der Waals surface area contributed by atoms with Crippen LogP contribution in [0.5, 0.6) is 0 Å². The maximum absolute atomic E-state index is 6.20. The van der Waals surface area contributed by atoms with Gasteiger partial charge in [0.25, 0.3) is 0 Å². The second-order valence-corrected chi connectivity index (χ2v) is 11.9. The van der Waals surface area contributed by atoms with Crippen molar-refractivity contribution in [2.75, 3.05) is 33.4 Å². The molecule has 0 saturated carbocycles. The molecule has 0 aromatic heterocycles. The lowest BCUT2D eigenvalue weighted by Crippen LogP contribution is -2.25. The Kier molecular flexibility index (Phi) is 36.8. The zero-order valence-corrected chi connectivity index (χ0v) is 28.6. The van der Waals surface area contributed by atoms with E-state index in [9.17, 15) is 0 Å². The van der Waals surface area contributed by atoms with Gasteiger partial charge in [-0.25, -0.2) is 0 Å². The predicted molar refractivity (Wildman–Crippen MR) is 189 cm³/mol. The quantitative estimate of drug-likeness (QED) is 0.0600. The number of rotatable bonds is 34. The van der Waals surface area contributed by atoms with Crippen molar-refractivity contribution in [3.63, 3.8) is 0 Å². The first kappa shape index (κ1) is 40.8. The minimum atomic E-state index is 0.227. The molecule has 1 unspecified atom stereocenters. The van der Waals surface area contributed by atoms with E-state index in [1.165, 1.54) is 128 Å². The van der Waals surface area contributed by atoms with Crippen molar-refractivity contribution in [2.45, 2.75) is 168 Å². The average Bonchev–Trinajstić information content (AvgIpc) is 3.00. The fourth-order valence-electron chi connectivity index (χ4n) is 4.92. The standard InChI is InChI=1S/C39H73NO2/c1-4-6-8-10-12-14-16-18-20-21-22-24-26-28-30-32-36-41-38-39(34-35-40-3)42-37-33-31-29-27-25-23-19-17-15-13-11-9-7-5-2/h9,11-12,14-15,17-18,20,39-40H,4-8,10,13,16,19,21-38H2,1-3H3/b11-9-,14-12-,17-15-,20-18-. The lowest BCUT2D eigenvalue weighted by Gasteiger charge is -2.18. The van der Waals surface area contributed by atoms with E-state index in [4.69, 9.17) is 9.47 Å². The molecule has 0 amide bonds. The largest absolute Gasteiger partial charge is 0.379 e. The van der Waals surface area contributed by atoms with Gasteiger partial charge in [0, 0.05) is 13.2 Å². The topological polar surface area (TPSA) is 30.5 Å². The Morgan fingerprint density at radius 3 is 1.50 bits per heavy atom. The highest BCUT2D eigenvalue weighted by molar-refractivity contribution is 4.93. The van der Waals surface area contributed by atoms with Crippen LogP contribution in [0.25, 0.3) is 0 Å². The third-order valence-electron chi connectivity index (χ3n) is 7.69. The normalized spacial score (nSPS) is 13.1. The summed E-state index contributed by atoms with van der Waals surface area (Å²) in [7, 11) is 2.02. The Morgan fingerprint density at radius 1 is 0.500 bits per heavy atom. The maximum Gasteiger partial charge on any atom is 0.0820 e. The molecule has 3 heteroatoms. The third kappa shape index (κ3) is 35.0. The SMILES string of the molecule is CCC/C=C\C/C=C\CCCCCCCCOC(CCNC)COCCCCCCCC/C=C\C/C=C\CCCCC. The fraction of sp³-hybridized carbons (Fsp3) is 0.795. The van der Waals surface area contributed by atoms with Crippen molar-refractivity contribution in [1.29, 1.82) is 0 Å². The molecule has 0 aliphatic carbocycles. The highest BCUT2D eigenvalue weighted by atomic mass is 16.5. The van der Waals surface area contributed by atoms with Gasteiger partial charge in [0.05, 0.1) is 12.7 Å². The Bertz CT molecular complexity index is 610. The molecule has 0 rings (SSSR count). The summed E-state index contributed by atoms with van der Waals surface area (Å²) in [5.41, 5.74) is 0. The second kappa shape index (κ2) is 37.9. The van der Waals surface area contributed by atoms with Crippen LogP contribution in [0, 0.1) is 0 Å². The van der Waals surface area contributed by atoms with Crippen LogP contribution < -0.4 is 5.32 Å². The Hall–Kier alpha value is -1.16. The van der Waals surface area contributed by atoms with Gasteiger partial charge in [0.15, 0.2) is 0 Å². The molecular weight excluding hydrogens is 514 g/mol. The summed E-state index contributed by atoms with van der Waals surface area (Å²) < 4.78 is 12.2. The van der Waals surface area contributed by atoms with Crippen molar-refractivity contribution in [1.82, 2.24) is 5.32 Å². The minimum Gasteiger partial charge on any atom is -0.379 e. The van der Waals surface area contributed by atoms with E-state index in [1.54, 1.807) is 0 Å². The van der Waals surface area contributed by atoms with Gasteiger partial charge in [-0.05, 0) is 90.6 Å². The molecule has 246 valence electrons. The first-order valence-electron chi connectivity index (χ1n) is 18.3. The first-order chi connectivity index (χ1) is 20.8. The van der Waals surface area contributed by atoms with Gasteiger partial charge in [0.2, 0.25) is 0 Å². The van der Waals surface area contributed by atoms with Crippen LogP contribution >= 0.6 is 0 Å². The Labute approximate surface area is 264 Å². The summed E-state index contributed by atoms with van der Waals surface area (Å²) in [5, 5.41) is 3.26. The molecule has 0 aromatic carbocycles. The van der Waals surface area contributed by atoms with Crippen LogP contribution in [0.2, 0.25) is 0 Å². The zero-order chi connectivity index (χ0) is 30.4. The molecular formula is C39H73NO2. The summed E-state index contributed by atoms with van der Waals surface area (Å²) in [6.45, 7) is 7.97. The van der Waals surface area contributed by atoms with E-state index in [0.29, 0.717) is 0 Å². The van der Waals surface area contributed by atoms with Crippen LogP contribution in [0.1, 0.15) is 162 Å². The third-order valence-corrected chi connectivity index (χ3v) is 7.69. The van der Waals surface area contributed by atoms with E-state index in [-0.39, 0.29) is 6.10 Å². The molecule has 0 aliphatic rings. The van der Waals surface area contributed by atoms with Crippen LogP contribution in [-0.4, -0.2) is 39.5 Å². The fourth-order valence-corrected chi connectivity index (χ4v) is 4.92. The van der Waals surface area contributed by atoms with E-state index < -0.39 is 0 Å². The second-order valence-electron chi connectivity index (χ2n) is 11.9. The number of nitrogens with one attached hydrogen (secondary N) is 1. The predicted octanol–water partition coefficient (Wildman–Crippen LogP) is 11.8. The highest BCUT2D eigenvalue weighted by Crippen LogP contribution is 2.11.